The minimum Gasteiger partial charge on any atom is -0.339 e. The molecule has 0 atom stereocenters. The quantitative estimate of drug-likeness (QED) is 0.833. The van der Waals surface area contributed by atoms with E-state index in [9.17, 15) is 4.79 Å². The van der Waals surface area contributed by atoms with Crippen molar-refractivity contribution < 1.29 is 4.79 Å². The lowest BCUT2D eigenvalue weighted by molar-refractivity contribution is 0.0723. The zero-order chi connectivity index (χ0) is 15.2. The van der Waals surface area contributed by atoms with E-state index in [-0.39, 0.29) is 5.91 Å². The summed E-state index contributed by atoms with van der Waals surface area (Å²) in [6, 6.07) is 3.79. The Morgan fingerprint density at radius 1 is 1.09 bits per heavy atom. The van der Waals surface area contributed by atoms with Crippen LogP contribution in [0.5, 0.6) is 0 Å². The first-order chi connectivity index (χ1) is 10.8. The Bertz CT molecular complexity index is 526. The fraction of sp³-hybridized carbons (Fsp3) is 0.579. The number of hydrogen-bond donors (Lipinski definition) is 0. The molecule has 3 heteroatoms. The number of allylic oxidation sites excluding steroid dienone is 1. The molecule has 22 heavy (non-hydrogen) atoms. The number of hydrogen-bond acceptors (Lipinski definition) is 2. The third-order valence-electron chi connectivity index (χ3n) is 4.89. The highest BCUT2D eigenvalue weighted by Crippen LogP contribution is 2.25. The molecule has 118 valence electrons. The average molecular weight is 298 g/mol. The smallest absolute Gasteiger partial charge is 0.256 e. The third kappa shape index (κ3) is 3.76. The van der Waals surface area contributed by atoms with Crippen LogP contribution in [0.2, 0.25) is 0 Å². The average Bonchev–Trinajstić information content (AvgIpc) is 2.61. The molecule has 2 fully saturated rings. The Balaban J connectivity index is 1.74. The van der Waals surface area contributed by atoms with Crippen LogP contribution in [-0.4, -0.2) is 28.9 Å². The van der Waals surface area contributed by atoms with E-state index in [0.717, 1.165) is 37.2 Å². The van der Waals surface area contributed by atoms with Crippen LogP contribution in [0.25, 0.3) is 6.08 Å². The lowest BCUT2D eigenvalue weighted by Crippen LogP contribution is -2.36. The molecule has 1 aromatic heterocycles. The first-order valence-electron chi connectivity index (χ1n) is 8.77. The Morgan fingerprint density at radius 3 is 2.59 bits per heavy atom. The van der Waals surface area contributed by atoms with Crippen LogP contribution in [0.15, 0.2) is 24.4 Å². The predicted molar refractivity (Wildman–Crippen MR) is 89.6 cm³/mol. The van der Waals surface area contributed by atoms with Gasteiger partial charge in [-0.3, -0.25) is 9.78 Å². The molecule has 0 radical (unpaired) electrons. The van der Waals surface area contributed by atoms with E-state index in [2.05, 4.69) is 17.1 Å². The Kier molecular flexibility index (Phi) is 5.25. The predicted octanol–water partition coefficient (Wildman–Crippen LogP) is 4.30. The van der Waals surface area contributed by atoms with Crippen LogP contribution in [0.1, 0.15) is 67.4 Å². The topological polar surface area (TPSA) is 33.2 Å². The van der Waals surface area contributed by atoms with E-state index in [1.807, 2.05) is 17.0 Å². The van der Waals surface area contributed by atoms with Gasteiger partial charge in [0.1, 0.15) is 0 Å². The maximum absolute atomic E-state index is 12.7. The fourth-order valence-corrected chi connectivity index (χ4v) is 3.55. The van der Waals surface area contributed by atoms with Crippen molar-refractivity contribution in [2.45, 2.75) is 51.4 Å². The molecular formula is C19H26N2O. The highest BCUT2D eigenvalue weighted by atomic mass is 16.2. The van der Waals surface area contributed by atoms with Crippen molar-refractivity contribution in [2.75, 3.05) is 13.1 Å². The Morgan fingerprint density at radius 2 is 1.82 bits per heavy atom. The van der Waals surface area contributed by atoms with Crippen molar-refractivity contribution in [3.8, 4) is 0 Å². The van der Waals surface area contributed by atoms with Crippen molar-refractivity contribution in [2.24, 2.45) is 5.92 Å². The number of piperidine rings is 1. The van der Waals surface area contributed by atoms with Crippen LogP contribution in [0.4, 0.5) is 0 Å². The number of likely N-dealkylation sites (tertiary alicyclic amines) is 1. The molecule has 1 aliphatic carbocycles. The summed E-state index contributed by atoms with van der Waals surface area (Å²) in [5.74, 6) is 0.810. The number of pyridine rings is 1. The van der Waals surface area contributed by atoms with Crippen LogP contribution in [-0.2, 0) is 0 Å². The van der Waals surface area contributed by atoms with E-state index < -0.39 is 0 Å². The summed E-state index contributed by atoms with van der Waals surface area (Å²) in [6.45, 7) is 1.78. The molecule has 1 aromatic rings. The summed E-state index contributed by atoms with van der Waals surface area (Å²) < 4.78 is 0. The highest BCUT2D eigenvalue weighted by molar-refractivity contribution is 5.97. The molecule has 0 unspecified atom stereocenters. The zero-order valence-corrected chi connectivity index (χ0v) is 13.3. The van der Waals surface area contributed by atoms with Crippen LogP contribution >= 0.6 is 0 Å². The van der Waals surface area contributed by atoms with Gasteiger partial charge in [-0.25, -0.2) is 0 Å². The Labute approximate surface area is 133 Å². The second-order valence-corrected chi connectivity index (χ2v) is 6.55. The number of aromatic nitrogens is 1. The maximum atomic E-state index is 12.7. The zero-order valence-electron chi connectivity index (χ0n) is 13.3. The molecule has 1 saturated heterocycles. The normalized spacial score (nSPS) is 20.5. The van der Waals surface area contributed by atoms with Crippen molar-refractivity contribution >= 4 is 12.0 Å². The molecule has 0 spiro atoms. The molecule has 2 aliphatic rings. The van der Waals surface area contributed by atoms with Crippen molar-refractivity contribution in [3.63, 3.8) is 0 Å². The van der Waals surface area contributed by atoms with E-state index in [4.69, 9.17) is 0 Å². The molecule has 3 rings (SSSR count). The van der Waals surface area contributed by atoms with Gasteiger partial charge in [-0.05, 0) is 56.2 Å². The monoisotopic (exact) mass is 298 g/mol. The molecule has 0 bridgehead atoms. The number of carbonyl (C=O) groups excluding carboxylic acids is 1. The van der Waals surface area contributed by atoms with Gasteiger partial charge in [0.15, 0.2) is 0 Å². The van der Waals surface area contributed by atoms with Gasteiger partial charge < -0.3 is 4.90 Å². The van der Waals surface area contributed by atoms with Gasteiger partial charge >= 0.3 is 0 Å². The highest BCUT2D eigenvalue weighted by Gasteiger charge is 2.20. The molecule has 0 aromatic carbocycles. The molecular weight excluding hydrogens is 272 g/mol. The standard InChI is InChI=1S/C19H26N2O/c22-19(21-14-5-2-6-15-21)17-10-7-13-20-18(17)12-11-16-8-3-1-4-9-16/h7,10-13,16H,1-6,8-9,14-15H2. The van der Waals surface area contributed by atoms with E-state index in [0.29, 0.717) is 5.92 Å². The minimum absolute atomic E-state index is 0.149. The van der Waals surface area contributed by atoms with Gasteiger partial charge in [0.2, 0.25) is 0 Å². The number of rotatable bonds is 3. The van der Waals surface area contributed by atoms with Crippen molar-refractivity contribution in [1.29, 1.82) is 0 Å². The summed E-state index contributed by atoms with van der Waals surface area (Å²) in [7, 11) is 0. The summed E-state index contributed by atoms with van der Waals surface area (Å²) >= 11 is 0. The fourth-order valence-electron chi connectivity index (χ4n) is 3.55. The summed E-state index contributed by atoms with van der Waals surface area (Å²) in [6.07, 6.45) is 16.2. The number of amides is 1. The number of carbonyl (C=O) groups is 1. The van der Waals surface area contributed by atoms with Gasteiger partial charge in [-0.1, -0.05) is 25.3 Å². The van der Waals surface area contributed by atoms with Gasteiger partial charge in [-0.2, -0.15) is 0 Å². The van der Waals surface area contributed by atoms with Gasteiger partial charge in [0.05, 0.1) is 11.3 Å². The molecule has 2 heterocycles. The Hall–Kier alpha value is -1.64. The molecule has 1 saturated carbocycles. The van der Waals surface area contributed by atoms with Gasteiger partial charge in [0.25, 0.3) is 5.91 Å². The first kappa shape index (κ1) is 15.3. The van der Waals surface area contributed by atoms with Gasteiger partial charge in [0, 0.05) is 19.3 Å². The second kappa shape index (κ2) is 7.57. The minimum atomic E-state index is 0.149. The maximum Gasteiger partial charge on any atom is 0.256 e. The lowest BCUT2D eigenvalue weighted by atomic mass is 9.89. The number of nitrogens with zero attached hydrogens (tertiary/aromatic N) is 2. The van der Waals surface area contributed by atoms with E-state index in [1.165, 1.54) is 38.5 Å². The first-order valence-corrected chi connectivity index (χ1v) is 8.77. The molecule has 1 aliphatic heterocycles. The molecule has 1 amide bonds. The summed E-state index contributed by atoms with van der Waals surface area (Å²) in [5.41, 5.74) is 1.60. The van der Waals surface area contributed by atoms with Crippen LogP contribution in [0.3, 0.4) is 0 Å². The lowest BCUT2D eigenvalue weighted by Gasteiger charge is -2.27. The largest absolute Gasteiger partial charge is 0.339 e. The van der Waals surface area contributed by atoms with Crippen LogP contribution < -0.4 is 0 Å². The molecule has 0 N–H and O–H groups in total. The summed E-state index contributed by atoms with van der Waals surface area (Å²) in [5, 5.41) is 0. The van der Waals surface area contributed by atoms with Gasteiger partial charge in [-0.15, -0.1) is 0 Å². The SMILES string of the molecule is O=C(c1cccnc1C=CC1CCCCC1)N1CCCCC1. The van der Waals surface area contributed by atoms with Crippen LogP contribution in [0, 0.1) is 5.92 Å². The van der Waals surface area contributed by atoms with E-state index >= 15 is 0 Å². The summed E-state index contributed by atoms with van der Waals surface area (Å²) in [4.78, 5) is 19.2. The molecule has 3 nitrogen and oxygen atoms in total. The van der Waals surface area contributed by atoms with Crippen molar-refractivity contribution in [1.82, 2.24) is 9.88 Å². The second-order valence-electron chi connectivity index (χ2n) is 6.55. The van der Waals surface area contributed by atoms with Crippen molar-refractivity contribution in [3.05, 3.63) is 35.7 Å². The third-order valence-corrected chi connectivity index (χ3v) is 4.89. The van der Waals surface area contributed by atoms with E-state index in [1.54, 1.807) is 6.20 Å².